The second-order valence-electron chi connectivity index (χ2n) is 11.3. The van der Waals surface area contributed by atoms with E-state index in [-0.39, 0.29) is 47.5 Å². The molecule has 1 saturated heterocycles. The third-order valence-corrected chi connectivity index (χ3v) is 9.10. The number of aromatic nitrogens is 2. The number of fused-ring (bicyclic) bond motifs is 1. The zero-order valence-corrected chi connectivity index (χ0v) is 20.1. The molecule has 5 fully saturated rings. The minimum atomic E-state index is -0.411. The molecule has 2 N–H and O–H groups in total. The standard InChI is InChI=1S/C26H33FN4O4/c1-2-6-30-21-10-18(27)3-4-20(21)31(24(30)33)19-5-7-29(14-19)25(34)35-22-16-8-15-9-17(22)13-26(11-15,12-16)23(28)32/h3-4,10,15-17,19,22H,2,5-9,11-14H2,1H3,(H2,28,32)/t15?,16?,17?,19-,22?,26?/m0/s1. The summed E-state index contributed by atoms with van der Waals surface area (Å²) in [5, 5.41) is 0. The van der Waals surface area contributed by atoms with E-state index in [9.17, 15) is 18.8 Å². The Morgan fingerprint density at radius 2 is 1.91 bits per heavy atom. The van der Waals surface area contributed by atoms with E-state index < -0.39 is 5.41 Å². The van der Waals surface area contributed by atoms with Crippen molar-refractivity contribution in [2.24, 2.45) is 28.9 Å². The summed E-state index contributed by atoms with van der Waals surface area (Å²) in [4.78, 5) is 40.3. The van der Waals surface area contributed by atoms with Crippen molar-refractivity contribution < 1.29 is 18.7 Å². The Morgan fingerprint density at radius 1 is 1.17 bits per heavy atom. The van der Waals surface area contributed by atoms with Crippen LogP contribution in [0.2, 0.25) is 0 Å². The lowest BCUT2D eigenvalue weighted by Gasteiger charge is -2.58. The van der Waals surface area contributed by atoms with Crippen molar-refractivity contribution in [1.29, 1.82) is 0 Å². The maximum absolute atomic E-state index is 13.9. The zero-order valence-electron chi connectivity index (χ0n) is 20.1. The molecule has 2 aromatic rings. The molecule has 2 amide bonds. The van der Waals surface area contributed by atoms with Crippen molar-refractivity contribution in [2.75, 3.05) is 13.1 Å². The molecule has 0 radical (unpaired) electrons. The average molecular weight is 485 g/mol. The number of amides is 2. The van der Waals surface area contributed by atoms with Gasteiger partial charge in [-0.2, -0.15) is 0 Å². The first kappa shape index (κ1) is 22.6. The number of imidazole rings is 1. The zero-order chi connectivity index (χ0) is 24.5. The van der Waals surface area contributed by atoms with Crippen LogP contribution in [0.25, 0.3) is 11.0 Å². The molecule has 2 unspecified atom stereocenters. The molecule has 188 valence electrons. The van der Waals surface area contributed by atoms with Crippen molar-refractivity contribution in [1.82, 2.24) is 14.0 Å². The fraction of sp³-hybridized carbons (Fsp3) is 0.654. The lowest BCUT2D eigenvalue weighted by molar-refractivity contribution is -0.161. The van der Waals surface area contributed by atoms with Gasteiger partial charge in [-0.1, -0.05) is 6.92 Å². The number of primary amides is 1. The van der Waals surface area contributed by atoms with E-state index in [4.69, 9.17) is 10.5 Å². The minimum absolute atomic E-state index is 0.162. The molecular formula is C26H33FN4O4. The normalized spacial score (nSPS) is 33.5. The van der Waals surface area contributed by atoms with Crippen LogP contribution in [0, 0.1) is 29.0 Å². The molecule has 1 aliphatic heterocycles. The highest BCUT2D eigenvalue weighted by Gasteiger charge is 2.59. The van der Waals surface area contributed by atoms with Gasteiger partial charge in [-0.25, -0.2) is 14.0 Å². The van der Waals surface area contributed by atoms with Gasteiger partial charge in [-0.15, -0.1) is 0 Å². The largest absolute Gasteiger partial charge is 0.446 e. The summed E-state index contributed by atoms with van der Waals surface area (Å²) in [6.07, 6.45) is 5.22. The van der Waals surface area contributed by atoms with Crippen molar-refractivity contribution in [3.63, 3.8) is 0 Å². The predicted molar refractivity (Wildman–Crippen MR) is 127 cm³/mol. The second-order valence-corrected chi connectivity index (χ2v) is 11.3. The monoisotopic (exact) mass is 484 g/mol. The molecule has 9 heteroatoms. The minimum Gasteiger partial charge on any atom is -0.446 e. The molecule has 35 heavy (non-hydrogen) atoms. The van der Waals surface area contributed by atoms with Crippen LogP contribution in [0.4, 0.5) is 9.18 Å². The SMILES string of the molecule is CCCn1c(=O)n([C@H]2CCN(C(=O)OC3C4CC5CC3CC(C(N)=O)(C5)C4)C2)c2ccc(F)cc21. The Hall–Kier alpha value is -2.84. The van der Waals surface area contributed by atoms with Crippen LogP contribution in [0.1, 0.15) is 57.9 Å². The highest BCUT2D eigenvalue weighted by Crippen LogP contribution is 2.60. The lowest BCUT2D eigenvalue weighted by atomic mass is 9.48. The summed E-state index contributed by atoms with van der Waals surface area (Å²) in [5.41, 5.74) is 6.50. The Kier molecular flexibility index (Phi) is 5.23. The Balaban J connectivity index is 1.19. The number of carbonyl (C=O) groups excluding carboxylic acids is 2. The van der Waals surface area contributed by atoms with Crippen molar-refractivity contribution in [3.05, 3.63) is 34.5 Å². The first-order valence-electron chi connectivity index (χ1n) is 13.0. The number of benzene rings is 1. The van der Waals surface area contributed by atoms with Crippen LogP contribution in [0.15, 0.2) is 23.0 Å². The van der Waals surface area contributed by atoms with Gasteiger partial charge in [0.2, 0.25) is 5.91 Å². The highest BCUT2D eigenvalue weighted by molar-refractivity contribution is 5.81. The topological polar surface area (TPSA) is 99.6 Å². The van der Waals surface area contributed by atoms with Crippen molar-refractivity contribution in [2.45, 2.75) is 70.6 Å². The second kappa shape index (κ2) is 8.10. The van der Waals surface area contributed by atoms with Gasteiger partial charge in [-0.3, -0.25) is 13.9 Å². The number of carbonyl (C=O) groups is 2. The van der Waals surface area contributed by atoms with Gasteiger partial charge in [0.05, 0.1) is 22.5 Å². The smallest absolute Gasteiger partial charge is 0.410 e. The number of hydrogen-bond donors (Lipinski definition) is 1. The first-order valence-corrected chi connectivity index (χ1v) is 13.0. The number of ether oxygens (including phenoxy) is 1. The van der Waals surface area contributed by atoms with Crippen molar-refractivity contribution in [3.8, 4) is 0 Å². The lowest BCUT2D eigenvalue weighted by Crippen LogP contribution is -2.59. The molecular weight excluding hydrogens is 451 g/mol. The molecule has 4 saturated carbocycles. The molecule has 4 aliphatic carbocycles. The number of rotatable bonds is 5. The van der Waals surface area contributed by atoms with Gasteiger partial charge in [0.15, 0.2) is 0 Å². The van der Waals surface area contributed by atoms with Crippen LogP contribution in [-0.4, -0.2) is 45.2 Å². The summed E-state index contributed by atoms with van der Waals surface area (Å²) in [6, 6.07) is 4.26. The molecule has 1 aromatic carbocycles. The van der Waals surface area contributed by atoms with E-state index in [0.29, 0.717) is 43.0 Å². The van der Waals surface area contributed by atoms with E-state index in [0.717, 1.165) is 38.5 Å². The summed E-state index contributed by atoms with van der Waals surface area (Å²) >= 11 is 0. The number of aryl methyl sites for hydroxylation is 1. The van der Waals surface area contributed by atoms with E-state index in [1.807, 2.05) is 6.92 Å². The van der Waals surface area contributed by atoms with Gasteiger partial charge in [0.1, 0.15) is 11.9 Å². The van der Waals surface area contributed by atoms with Crippen LogP contribution >= 0.6 is 0 Å². The average Bonchev–Trinajstić information content (AvgIpc) is 3.39. The van der Waals surface area contributed by atoms with Gasteiger partial charge >= 0.3 is 11.8 Å². The Labute approximate surface area is 203 Å². The molecule has 2 heterocycles. The molecule has 5 aliphatic rings. The first-order chi connectivity index (χ1) is 16.8. The third kappa shape index (κ3) is 3.49. The van der Waals surface area contributed by atoms with Crippen LogP contribution in [0.5, 0.6) is 0 Å². The van der Waals surface area contributed by atoms with Gasteiger partial charge in [0.25, 0.3) is 0 Å². The quantitative estimate of drug-likeness (QED) is 0.703. The Morgan fingerprint density at radius 3 is 2.60 bits per heavy atom. The van der Waals surface area contributed by atoms with E-state index in [1.54, 1.807) is 20.1 Å². The fourth-order valence-corrected chi connectivity index (χ4v) is 7.83. The number of nitrogens with two attached hydrogens (primary N) is 1. The molecule has 7 rings (SSSR count). The molecule has 0 spiro atoms. The predicted octanol–water partition coefficient (Wildman–Crippen LogP) is 3.42. The highest BCUT2D eigenvalue weighted by atomic mass is 19.1. The van der Waals surface area contributed by atoms with E-state index >= 15 is 0 Å². The molecule has 3 atom stereocenters. The molecule has 8 nitrogen and oxygen atoms in total. The molecule has 4 bridgehead atoms. The summed E-state index contributed by atoms with van der Waals surface area (Å²) in [7, 11) is 0. The van der Waals surface area contributed by atoms with Gasteiger partial charge in [0, 0.05) is 19.6 Å². The number of likely N-dealkylation sites (tertiary alicyclic amines) is 1. The fourth-order valence-electron chi connectivity index (χ4n) is 7.83. The Bertz CT molecular complexity index is 1240. The van der Waals surface area contributed by atoms with Crippen LogP contribution < -0.4 is 11.4 Å². The van der Waals surface area contributed by atoms with Gasteiger partial charge in [-0.05, 0) is 80.9 Å². The maximum atomic E-state index is 13.9. The summed E-state index contributed by atoms with van der Waals surface area (Å²) in [5.74, 6) is 0.325. The maximum Gasteiger partial charge on any atom is 0.410 e. The summed E-state index contributed by atoms with van der Waals surface area (Å²) < 4.78 is 23.4. The van der Waals surface area contributed by atoms with Crippen LogP contribution in [-0.2, 0) is 16.1 Å². The number of hydrogen-bond acceptors (Lipinski definition) is 4. The molecule has 1 aromatic heterocycles. The number of halogens is 1. The van der Waals surface area contributed by atoms with E-state index in [2.05, 4.69) is 0 Å². The summed E-state index contributed by atoms with van der Waals surface area (Å²) in [6.45, 7) is 3.39. The number of nitrogens with zero attached hydrogens (tertiary/aromatic N) is 3. The van der Waals surface area contributed by atoms with E-state index in [1.165, 1.54) is 12.1 Å². The van der Waals surface area contributed by atoms with Crippen LogP contribution in [0.3, 0.4) is 0 Å². The van der Waals surface area contributed by atoms with Gasteiger partial charge < -0.3 is 15.4 Å². The van der Waals surface area contributed by atoms with Crippen molar-refractivity contribution >= 4 is 23.0 Å². The third-order valence-electron chi connectivity index (χ3n) is 9.10.